The average molecular weight is 373 g/mol. The summed E-state index contributed by atoms with van der Waals surface area (Å²) in [7, 11) is -3.24. The highest BCUT2D eigenvalue weighted by Crippen LogP contribution is 2.32. The van der Waals surface area contributed by atoms with Gasteiger partial charge in [0.2, 0.25) is 5.91 Å². The van der Waals surface area contributed by atoms with E-state index >= 15 is 0 Å². The summed E-state index contributed by atoms with van der Waals surface area (Å²) in [5.74, 6) is -0.139. The molecular weight excluding hydrogens is 340 g/mol. The molecule has 1 heterocycles. The molecule has 0 aliphatic carbocycles. The average Bonchev–Trinajstić information content (AvgIpc) is 3.12. The van der Waals surface area contributed by atoms with Crippen molar-refractivity contribution in [2.75, 3.05) is 26.4 Å². The Labute approximate surface area is 151 Å². The lowest BCUT2D eigenvalue weighted by atomic mass is 10.2. The van der Waals surface area contributed by atoms with Gasteiger partial charge in [-0.15, -0.1) is 0 Å². The molecular formula is C16H32N4O4Si. The van der Waals surface area contributed by atoms with Crippen LogP contribution in [0.25, 0.3) is 0 Å². The first kappa shape index (κ1) is 21.8. The van der Waals surface area contributed by atoms with Crippen molar-refractivity contribution in [2.24, 2.45) is 5.73 Å². The fourth-order valence-electron chi connectivity index (χ4n) is 2.64. The predicted octanol–water partition coefficient (Wildman–Crippen LogP) is 1.68. The number of hydrogen-bond acceptors (Lipinski definition) is 6. The fraction of sp³-hybridized carbons (Fsp3) is 0.750. The van der Waals surface area contributed by atoms with E-state index in [1.165, 1.54) is 0 Å². The van der Waals surface area contributed by atoms with Crippen molar-refractivity contribution in [3.8, 4) is 0 Å². The SMILES string of the molecule is CCCNC(=O)C(CC(N)n1ccnc1)[Si](OCC)(OCC)OCC. The number of carbonyl (C=O) groups excluding carboxylic acids is 1. The van der Waals surface area contributed by atoms with Crippen LogP contribution in [-0.2, 0) is 18.1 Å². The molecule has 2 atom stereocenters. The molecule has 1 aromatic heterocycles. The van der Waals surface area contributed by atoms with Gasteiger partial charge in [0.15, 0.2) is 0 Å². The number of aromatic nitrogens is 2. The van der Waals surface area contributed by atoms with Crippen molar-refractivity contribution in [3.63, 3.8) is 0 Å². The number of carbonyl (C=O) groups is 1. The van der Waals surface area contributed by atoms with Crippen molar-refractivity contribution in [3.05, 3.63) is 18.7 Å². The Morgan fingerprint density at radius 3 is 2.24 bits per heavy atom. The van der Waals surface area contributed by atoms with Gasteiger partial charge in [-0.2, -0.15) is 0 Å². The van der Waals surface area contributed by atoms with E-state index in [0.29, 0.717) is 32.8 Å². The van der Waals surface area contributed by atoms with Gasteiger partial charge in [-0.25, -0.2) is 4.98 Å². The highest BCUT2D eigenvalue weighted by atomic mass is 28.4. The van der Waals surface area contributed by atoms with Gasteiger partial charge >= 0.3 is 8.80 Å². The molecule has 144 valence electrons. The summed E-state index contributed by atoms with van der Waals surface area (Å²) in [6.07, 6.45) is 5.84. The molecule has 0 saturated carbocycles. The summed E-state index contributed by atoms with van der Waals surface area (Å²) in [6, 6.07) is 0. The first-order chi connectivity index (χ1) is 12.0. The van der Waals surface area contributed by atoms with Crippen molar-refractivity contribution in [2.45, 2.75) is 52.2 Å². The highest BCUT2D eigenvalue weighted by Gasteiger charge is 2.53. The van der Waals surface area contributed by atoms with Crippen LogP contribution in [0.5, 0.6) is 0 Å². The molecule has 0 aliphatic heterocycles. The monoisotopic (exact) mass is 372 g/mol. The van der Waals surface area contributed by atoms with Gasteiger partial charge in [-0.1, -0.05) is 6.92 Å². The van der Waals surface area contributed by atoms with Gasteiger partial charge in [0.05, 0.1) is 12.5 Å². The number of nitrogens with two attached hydrogens (primary N) is 1. The van der Waals surface area contributed by atoms with Gasteiger partial charge in [0, 0.05) is 38.8 Å². The Morgan fingerprint density at radius 2 is 1.80 bits per heavy atom. The molecule has 0 bridgehead atoms. The molecule has 1 amide bonds. The quantitative estimate of drug-likeness (QED) is 0.511. The zero-order valence-electron chi connectivity index (χ0n) is 15.7. The van der Waals surface area contributed by atoms with Gasteiger partial charge < -0.3 is 28.9 Å². The molecule has 0 radical (unpaired) electrons. The van der Waals surface area contributed by atoms with Crippen LogP contribution in [0.2, 0.25) is 5.54 Å². The molecule has 0 spiro atoms. The normalized spacial score (nSPS) is 14.3. The summed E-state index contributed by atoms with van der Waals surface area (Å²) in [5.41, 5.74) is 5.70. The molecule has 25 heavy (non-hydrogen) atoms. The Hall–Kier alpha value is -1.26. The van der Waals surface area contributed by atoms with Crippen LogP contribution in [0.1, 0.15) is 46.7 Å². The molecule has 8 nitrogen and oxygen atoms in total. The predicted molar refractivity (Wildman–Crippen MR) is 97.8 cm³/mol. The van der Waals surface area contributed by atoms with Crippen LogP contribution in [0.3, 0.4) is 0 Å². The summed E-state index contributed by atoms with van der Waals surface area (Å²) in [6.45, 7) is 9.43. The van der Waals surface area contributed by atoms with E-state index in [4.69, 9.17) is 19.0 Å². The van der Waals surface area contributed by atoms with Crippen LogP contribution in [0.15, 0.2) is 18.7 Å². The fourth-order valence-corrected chi connectivity index (χ4v) is 5.66. The molecule has 9 heteroatoms. The Bertz CT molecular complexity index is 469. The first-order valence-corrected chi connectivity index (χ1v) is 10.8. The van der Waals surface area contributed by atoms with Crippen LogP contribution < -0.4 is 11.1 Å². The lowest BCUT2D eigenvalue weighted by molar-refractivity contribution is -0.123. The van der Waals surface area contributed by atoms with Crippen LogP contribution in [0.4, 0.5) is 0 Å². The van der Waals surface area contributed by atoms with Crippen molar-refractivity contribution in [1.82, 2.24) is 14.9 Å². The van der Waals surface area contributed by atoms with Crippen LogP contribution in [-0.4, -0.2) is 50.6 Å². The topological polar surface area (TPSA) is 101 Å². The van der Waals surface area contributed by atoms with E-state index in [-0.39, 0.29) is 5.91 Å². The number of nitrogens with zero attached hydrogens (tertiary/aromatic N) is 2. The molecule has 0 aliphatic rings. The number of hydrogen-bond donors (Lipinski definition) is 2. The smallest absolute Gasteiger partial charge is 0.373 e. The van der Waals surface area contributed by atoms with E-state index in [1.54, 1.807) is 23.3 Å². The maximum atomic E-state index is 12.9. The van der Waals surface area contributed by atoms with E-state index in [1.807, 2.05) is 27.7 Å². The zero-order chi connectivity index (χ0) is 18.7. The third-order valence-corrected chi connectivity index (χ3v) is 7.14. The number of nitrogens with one attached hydrogen (secondary N) is 1. The lowest BCUT2D eigenvalue weighted by Gasteiger charge is -2.35. The Balaban J connectivity index is 3.12. The summed E-state index contributed by atoms with van der Waals surface area (Å²) >= 11 is 0. The van der Waals surface area contributed by atoms with E-state index in [2.05, 4.69) is 10.3 Å². The lowest BCUT2D eigenvalue weighted by Crippen LogP contribution is -2.55. The second kappa shape index (κ2) is 11.4. The number of imidazole rings is 1. The van der Waals surface area contributed by atoms with Crippen LogP contribution in [0, 0.1) is 0 Å². The molecule has 0 aromatic carbocycles. The summed E-state index contributed by atoms with van der Waals surface area (Å²) in [5, 5.41) is 2.94. The largest absolute Gasteiger partial charge is 0.514 e. The Morgan fingerprint density at radius 1 is 1.20 bits per heavy atom. The molecule has 0 saturated heterocycles. The van der Waals surface area contributed by atoms with Crippen molar-refractivity contribution < 1.29 is 18.1 Å². The minimum Gasteiger partial charge on any atom is -0.373 e. The molecule has 2 unspecified atom stereocenters. The van der Waals surface area contributed by atoms with Gasteiger partial charge in [0.1, 0.15) is 5.54 Å². The second-order valence-electron chi connectivity index (χ2n) is 5.56. The number of amides is 1. The summed E-state index contributed by atoms with van der Waals surface area (Å²) in [4.78, 5) is 16.9. The minimum absolute atomic E-state index is 0.139. The molecule has 1 aromatic rings. The van der Waals surface area contributed by atoms with Gasteiger partial charge in [-0.05, 0) is 33.6 Å². The van der Waals surface area contributed by atoms with E-state index in [0.717, 1.165) is 6.42 Å². The second-order valence-corrected chi connectivity index (χ2v) is 8.33. The van der Waals surface area contributed by atoms with Gasteiger partial charge in [-0.3, -0.25) is 4.79 Å². The van der Waals surface area contributed by atoms with E-state index in [9.17, 15) is 4.79 Å². The molecule has 1 rings (SSSR count). The first-order valence-electron chi connectivity index (χ1n) is 8.97. The van der Waals surface area contributed by atoms with Crippen LogP contribution >= 0.6 is 0 Å². The third-order valence-electron chi connectivity index (χ3n) is 3.71. The van der Waals surface area contributed by atoms with Crippen molar-refractivity contribution in [1.29, 1.82) is 0 Å². The minimum atomic E-state index is -3.24. The standard InChI is InChI=1S/C16H32N4O4Si/c1-5-9-19-16(21)14(12-15(17)20-11-10-18-13-20)25(22-6-2,23-7-3)24-8-4/h10-11,13-15H,5-9,12,17H2,1-4H3,(H,19,21). The van der Waals surface area contributed by atoms with Crippen molar-refractivity contribution >= 4 is 14.7 Å². The zero-order valence-corrected chi connectivity index (χ0v) is 16.7. The third kappa shape index (κ3) is 6.19. The van der Waals surface area contributed by atoms with E-state index < -0.39 is 20.5 Å². The maximum Gasteiger partial charge on any atom is 0.514 e. The molecule has 3 N–H and O–H groups in total. The molecule has 0 fully saturated rings. The van der Waals surface area contributed by atoms with Gasteiger partial charge in [0.25, 0.3) is 0 Å². The summed E-state index contributed by atoms with van der Waals surface area (Å²) < 4.78 is 19.6. The Kier molecular flexibility index (Phi) is 9.91. The highest BCUT2D eigenvalue weighted by molar-refractivity contribution is 6.66. The number of rotatable bonds is 13. The maximum absolute atomic E-state index is 12.9.